The van der Waals surface area contributed by atoms with Crippen LogP contribution in [0.25, 0.3) is 10.9 Å². The number of rotatable bonds is 4. The summed E-state index contributed by atoms with van der Waals surface area (Å²) in [6.07, 6.45) is 2.16. The van der Waals surface area contributed by atoms with Crippen molar-refractivity contribution in [2.45, 2.75) is 18.8 Å². The molecule has 0 atom stereocenters. The molecule has 0 spiro atoms. The zero-order valence-electron chi connectivity index (χ0n) is 10.9. The molecule has 1 aromatic heterocycles. The Labute approximate surface area is 115 Å². The molecule has 0 saturated heterocycles. The van der Waals surface area contributed by atoms with Crippen molar-refractivity contribution in [1.29, 1.82) is 0 Å². The summed E-state index contributed by atoms with van der Waals surface area (Å²) in [5.74, 6) is -0.289. The highest BCUT2D eigenvalue weighted by molar-refractivity contribution is 6.06. The molecule has 0 aliphatic heterocycles. The fourth-order valence-electron chi connectivity index (χ4n) is 2.26. The fraction of sp³-hybridized carbons (Fsp3) is 0.333. The van der Waals surface area contributed by atoms with Gasteiger partial charge in [0.25, 0.3) is 5.91 Å². The summed E-state index contributed by atoms with van der Waals surface area (Å²) in [6.45, 7) is 0.0509. The number of nitrogens with one attached hydrogen (secondary N) is 1. The number of halogens is 1. The Morgan fingerprint density at radius 2 is 2.20 bits per heavy atom. The Kier molecular flexibility index (Phi) is 3.36. The van der Waals surface area contributed by atoms with Crippen molar-refractivity contribution in [3.05, 3.63) is 41.3 Å². The summed E-state index contributed by atoms with van der Waals surface area (Å²) >= 11 is 0. The fourth-order valence-corrected chi connectivity index (χ4v) is 2.26. The van der Waals surface area contributed by atoms with E-state index in [-0.39, 0.29) is 19.1 Å². The molecule has 0 bridgehead atoms. The highest BCUT2D eigenvalue weighted by Crippen LogP contribution is 2.40. The first-order chi connectivity index (χ1) is 9.69. The molecule has 1 aliphatic carbocycles. The number of fused-ring (bicyclic) bond motifs is 1. The molecule has 0 radical (unpaired) electrons. The zero-order valence-corrected chi connectivity index (χ0v) is 10.9. The summed E-state index contributed by atoms with van der Waals surface area (Å²) in [6, 6.07) is 6.01. The van der Waals surface area contributed by atoms with E-state index in [2.05, 4.69) is 10.3 Å². The molecule has 1 fully saturated rings. The standard InChI is InChI=1S/C15H15FN2O2/c16-10-3-4-13-11(7-10)12(15(20)17-5-6-19)8-14(18-13)9-1-2-9/h3-4,7-9,19H,1-2,5-6H2,(H,17,20). The third kappa shape index (κ3) is 2.49. The average Bonchev–Trinajstić information content (AvgIpc) is 3.28. The van der Waals surface area contributed by atoms with Crippen LogP contribution in [0.5, 0.6) is 0 Å². The highest BCUT2D eigenvalue weighted by atomic mass is 19.1. The molecule has 2 N–H and O–H groups in total. The third-order valence-corrected chi connectivity index (χ3v) is 3.43. The molecular formula is C15H15FN2O2. The molecular weight excluding hydrogens is 259 g/mol. The number of aliphatic hydroxyl groups is 1. The Morgan fingerprint density at radius 3 is 2.90 bits per heavy atom. The minimum absolute atomic E-state index is 0.126. The predicted octanol–water partition coefficient (Wildman–Crippen LogP) is 1.97. The van der Waals surface area contributed by atoms with E-state index < -0.39 is 5.82 Å². The van der Waals surface area contributed by atoms with E-state index in [4.69, 9.17) is 5.11 Å². The van der Waals surface area contributed by atoms with Crippen molar-refractivity contribution < 1.29 is 14.3 Å². The van der Waals surface area contributed by atoms with Gasteiger partial charge in [0, 0.05) is 23.5 Å². The molecule has 20 heavy (non-hydrogen) atoms. The van der Waals surface area contributed by atoms with E-state index in [1.807, 2.05) is 0 Å². The van der Waals surface area contributed by atoms with Crippen molar-refractivity contribution in [2.24, 2.45) is 0 Å². The lowest BCUT2D eigenvalue weighted by Crippen LogP contribution is -2.26. The minimum Gasteiger partial charge on any atom is -0.395 e. The zero-order chi connectivity index (χ0) is 14.1. The van der Waals surface area contributed by atoms with E-state index >= 15 is 0 Å². The van der Waals surface area contributed by atoms with Crippen LogP contribution >= 0.6 is 0 Å². The van der Waals surface area contributed by atoms with Crippen molar-refractivity contribution in [3.8, 4) is 0 Å². The number of benzene rings is 1. The first-order valence-corrected chi connectivity index (χ1v) is 6.68. The summed E-state index contributed by atoms with van der Waals surface area (Å²) in [7, 11) is 0. The van der Waals surface area contributed by atoms with Crippen molar-refractivity contribution in [2.75, 3.05) is 13.2 Å². The third-order valence-electron chi connectivity index (χ3n) is 3.43. The number of aromatic nitrogens is 1. The van der Waals surface area contributed by atoms with Gasteiger partial charge < -0.3 is 10.4 Å². The maximum absolute atomic E-state index is 13.4. The number of hydrogen-bond acceptors (Lipinski definition) is 3. The van der Waals surface area contributed by atoms with Crippen LogP contribution in [0, 0.1) is 5.82 Å². The summed E-state index contributed by atoms with van der Waals surface area (Å²) in [5.41, 5.74) is 1.94. The number of carbonyl (C=O) groups excluding carboxylic acids is 1. The average molecular weight is 274 g/mol. The number of hydrogen-bond donors (Lipinski definition) is 2. The Balaban J connectivity index is 2.10. The van der Waals surface area contributed by atoms with E-state index in [0.29, 0.717) is 22.4 Å². The van der Waals surface area contributed by atoms with E-state index in [9.17, 15) is 9.18 Å². The number of aliphatic hydroxyl groups excluding tert-OH is 1. The topological polar surface area (TPSA) is 62.2 Å². The molecule has 3 rings (SSSR count). The second kappa shape index (κ2) is 5.17. The Bertz CT molecular complexity index is 668. The normalized spacial score (nSPS) is 14.5. The second-order valence-electron chi connectivity index (χ2n) is 5.01. The molecule has 1 amide bonds. The van der Waals surface area contributed by atoms with E-state index in [0.717, 1.165) is 18.5 Å². The largest absolute Gasteiger partial charge is 0.395 e. The Morgan fingerprint density at radius 1 is 1.40 bits per heavy atom. The first-order valence-electron chi connectivity index (χ1n) is 6.68. The second-order valence-corrected chi connectivity index (χ2v) is 5.01. The van der Waals surface area contributed by atoms with Gasteiger partial charge in [-0.2, -0.15) is 0 Å². The van der Waals surface area contributed by atoms with Crippen LogP contribution in [0.2, 0.25) is 0 Å². The molecule has 1 saturated carbocycles. The van der Waals surface area contributed by atoms with Crippen LogP contribution in [0.1, 0.15) is 34.8 Å². The lowest BCUT2D eigenvalue weighted by atomic mass is 10.1. The minimum atomic E-state index is -0.394. The van der Waals surface area contributed by atoms with Gasteiger partial charge in [-0.1, -0.05) is 0 Å². The summed E-state index contributed by atoms with van der Waals surface area (Å²) < 4.78 is 13.4. The van der Waals surface area contributed by atoms with Gasteiger partial charge in [0.15, 0.2) is 0 Å². The van der Waals surface area contributed by atoms with E-state index in [1.165, 1.54) is 12.1 Å². The van der Waals surface area contributed by atoms with Crippen molar-refractivity contribution in [1.82, 2.24) is 10.3 Å². The molecule has 5 heteroatoms. The van der Waals surface area contributed by atoms with Crippen molar-refractivity contribution >= 4 is 16.8 Å². The monoisotopic (exact) mass is 274 g/mol. The number of amides is 1. The smallest absolute Gasteiger partial charge is 0.252 e. The summed E-state index contributed by atoms with van der Waals surface area (Å²) in [4.78, 5) is 16.7. The molecule has 104 valence electrons. The SMILES string of the molecule is O=C(NCCO)c1cc(C2CC2)nc2ccc(F)cc12. The first kappa shape index (κ1) is 13.0. The van der Waals surface area contributed by atoms with E-state index in [1.54, 1.807) is 12.1 Å². The van der Waals surface area contributed by atoms with Crippen LogP contribution < -0.4 is 5.32 Å². The lowest BCUT2D eigenvalue weighted by molar-refractivity contribution is 0.0946. The molecule has 2 aromatic rings. The summed E-state index contributed by atoms with van der Waals surface area (Å²) in [5, 5.41) is 11.9. The molecule has 0 unspecified atom stereocenters. The maximum atomic E-state index is 13.4. The van der Waals surface area contributed by atoms with Crippen LogP contribution in [0.3, 0.4) is 0 Å². The predicted molar refractivity (Wildman–Crippen MR) is 73.1 cm³/mol. The molecule has 1 aliphatic rings. The highest BCUT2D eigenvalue weighted by Gasteiger charge is 2.27. The lowest BCUT2D eigenvalue weighted by Gasteiger charge is -2.09. The van der Waals surface area contributed by atoms with Crippen molar-refractivity contribution in [3.63, 3.8) is 0 Å². The molecule has 1 heterocycles. The van der Waals surface area contributed by atoms with Crippen LogP contribution in [-0.4, -0.2) is 29.1 Å². The molecule has 1 aromatic carbocycles. The number of nitrogens with zero attached hydrogens (tertiary/aromatic N) is 1. The van der Waals surface area contributed by atoms with Gasteiger partial charge in [-0.25, -0.2) is 4.39 Å². The molecule has 4 nitrogen and oxygen atoms in total. The van der Waals surface area contributed by atoms with Crippen LogP contribution in [0.15, 0.2) is 24.3 Å². The maximum Gasteiger partial charge on any atom is 0.252 e. The van der Waals surface area contributed by atoms with Gasteiger partial charge in [0.05, 0.1) is 17.7 Å². The van der Waals surface area contributed by atoms with Gasteiger partial charge in [0.1, 0.15) is 5.82 Å². The van der Waals surface area contributed by atoms with Gasteiger partial charge in [-0.05, 0) is 37.1 Å². The number of carbonyl (C=O) groups is 1. The Hall–Kier alpha value is -2.01. The van der Waals surface area contributed by atoms with Gasteiger partial charge >= 0.3 is 0 Å². The van der Waals surface area contributed by atoms with Crippen LogP contribution in [-0.2, 0) is 0 Å². The van der Waals surface area contributed by atoms with Gasteiger partial charge in [0.2, 0.25) is 0 Å². The number of pyridine rings is 1. The quantitative estimate of drug-likeness (QED) is 0.896. The van der Waals surface area contributed by atoms with Gasteiger partial charge in [-0.3, -0.25) is 9.78 Å². The van der Waals surface area contributed by atoms with Gasteiger partial charge in [-0.15, -0.1) is 0 Å². The van der Waals surface area contributed by atoms with Crippen LogP contribution in [0.4, 0.5) is 4.39 Å².